The van der Waals surface area contributed by atoms with Crippen molar-refractivity contribution in [3.05, 3.63) is 35.9 Å². The Bertz CT molecular complexity index is 467. The van der Waals surface area contributed by atoms with E-state index in [1.165, 1.54) is 57.1 Å². The van der Waals surface area contributed by atoms with Gasteiger partial charge in [0.05, 0.1) is 0 Å². The van der Waals surface area contributed by atoms with Crippen LogP contribution in [0.4, 0.5) is 0 Å². The van der Waals surface area contributed by atoms with Crippen LogP contribution in [-0.2, 0) is 0 Å². The molecule has 2 unspecified atom stereocenters. The van der Waals surface area contributed by atoms with Crippen LogP contribution in [0.15, 0.2) is 30.3 Å². The van der Waals surface area contributed by atoms with Crippen LogP contribution in [0.1, 0.15) is 63.0 Å². The predicted molar refractivity (Wildman–Crippen MR) is 102 cm³/mol. The van der Waals surface area contributed by atoms with Gasteiger partial charge in [-0.3, -0.25) is 0 Å². The average molecular weight is 330 g/mol. The van der Waals surface area contributed by atoms with Gasteiger partial charge in [0.15, 0.2) is 0 Å². The fraction of sp³-hybridized carbons (Fsp3) is 0.714. The minimum atomic E-state index is 0.461. The highest BCUT2D eigenvalue weighted by Crippen LogP contribution is 2.41. The van der Waals surface area contributed by atoms with Crippen molar-refractivity contribution in [2.45, 2.75) is 63.5 Å². The average Bonchev–Trinajstić information content (AvgIpc) is 3.08. The van der Waals surface area contributed by atoms with Gasteiger partial charge in [0.2, 0.25) is 0 Å². The molecule has 1 aliphatic heterocycles. The summed E-state index contributed by atoms with van der Waals surface area (Å²) < 4.78 is 0. The monoisotopic (exact) mass is 329 g/mol. The zero-order chi connectivity index (χ0) is 16.7. The second-order valence-corrected chi connectivity index (χ2v) is 7.91. The molecule has 3 heteroatoms. The van der Waals surface area contributed by atoms with Crippen LogP contribution in [0.3, 0.4) is 0 Å². The maximum Gasteiger partial charge on any atom is 0.0335 e. The molecule has 0 radical (unpaired) electrons. The molecular weight excluding hydrogens is 294 g/mol. The molecule has 134 valence electrons. The molecule has 2 aliphatic rings. The Morgan fingerprint density at radius 3 is 2.50 bits per heavy atom. The van der Waals surface area contributed by atoms with Crippen molar-refractivity contribution in [1.82, 2.24) is 16.0 Å². The van der Waals surface area contributed by atoms with Gasteiger partial charge in [-0.05, 0) is 69.6 Å². The molecule has 24 heavy (non-hydrogen) atoms. The van der Waals surface area contributed by atoms with Crippen molar-refractivity contribution < 1.29 is 0 Å². The van der Waals surface area contributed by atoms with E-state index in [-0.39, 0.29) is 0 Å². The first kappa shape index (κ1) is 17.9. The van der Waals surface area contributed by atoms with Gasteiger partial charge in [-0.25, -0.2) is 0 Å². The second kappa shape index (κ2) is 8.98. The minimum absolute atomic E-state index is 0.461. The Hall–Kier alpha value is -0.900. The smallest absolute Gasteiger partial charge is 0.0335 e. The van der Waals surface area contributed by atoms with Crippen LogP contribution >= 0.6 is 0 Å². The topological polar surface area (TPSA) is 36.1 Å². The lowest BCUT2D eigenvalue weighted by Crippen LogP contribution is -2.39. The van der Waals surface area contributed by atoms with Gasteiger partial charge in [-0.15, -0.1) is 0 Å². The number of hydrogen-bond acceptors (Lipinski definition) is 3. The van der Waals surface area contributed by atoms with E-state index in [2.05, 4.69) is 53.3 Å². The fourth-order valence-electron chi connectivity index (χ4n) is 4.70. The first-order valence-corrected chi connectivity index (χ1v) is 9.98. The molecular formula is C21H35N3. The highest BCUT2D eigenvalue weighted by molar-refractivity contribution is 5.19. The molecule has 1 saturated carbocycles. The lowest BCUT2D eigenvalue weighted by molar-refractivity contribution is 0.240. The van der Waals surface area contributed by atoms with E-state index < -0.39 is 0 Å². The summed E-state index contributed by atoms with van der Waals surface area (Å²) in [5.74, 6) is 0. The summed E-state index contributed by atoms with van der Waals surface area (Å²) in [4.78, 5) is 0. The second-order valence-electron chi connectivity index (χ2n) is 7.91. The van der Waals surface area contributed by atoms with Crippen molar-refractivity contribution in [3.8, 4) is 0 Å². The van der Waals surface area contributed by atoms with Crippen molar-refractivity contribution in [1.29, 1.82) is 0 Å². The maximum atomic E-state index is 3.86. The van der Waals surface area contributed by atoms with Crippen molar-refractivity contribution in [2.24, 2.45) is 5.41 Å². The Labute approximate surface area is 148 Å². The summed E-state index contributed by atoms with van der Waals surface area (Å²) in [6, 6.07) is 12.0. The molecule has 1 aromatic carbocycles. The Morgan fingerprint density at radius 2 is 1.75 bits per heavy atom. The molecule has 2 atom stereocenters. The highest BCUT2D eigenvalue weighted by Gasteiger charge is 2.33. The molecule has 2 fully saturated rings. The van der Waals surface area contributed by atoms with Gasteiger partial charge >= 0.3 is 0 Å². The SMILES string of the molecule is CNC1CCNCC2(CCCC2)CCCNC(c2ccccc2)C1. The van der Waals surface area contributed by atoms with Gasteiger partial charge in [0.1, 0.15) is 0 Å². The largest absolute Gasteiger partial charge is 0.317 e. The predicted octanol–water partition coefficient (Wildman–Crippen LogP) is 3.63. The third kappa shape index (κ3) is 4.81. The summed E-state index contributed by atoms with van der Waals surface area (Å²) in [6.45, 7) is 3.50. The van der Waals surface area contributed by atoms with Crippen molar-refractivity contribution >= 4 is 0 Å². The van der Waals surface area contributed by atoms with Gasteiger partial charge in [-0.1, -0.05) is 43.2 Å². The van der Waals surface area contributed by atoms with Crippen LogP contribution in [0, 0.1) is 5.41 Å². The number of benzene rings is 1. The van der Waals surface area contributed by atoms with E-state index in [0.29, 0.717) is 17.5 Å². The molecule has 3 N–H and O–H groups in total. The fourth-order valence-corrected chi connectivity index (χ4v) is 4.70. The van der Waals surface area contributed by atoms with Crippen LogP contribution in [0.2, 0.25) is 0 Å². The molecule has 1 heterocycles. The lowest BCUT2D eigenvalue weighted by Gasteiger charge is -2.32. The van der Waals surface area contributed by atoms with Gasteiger partial charge in [0.25, 0.3) is 0 Å². The molecule has 3 nitrogen and oxygen atoms in total. The van der Waals surface area contributed by atoms with Crippen LogP contribution < -0.4 is 16.0 Å². The molecule has 3 rings (SSSR count). The quantitative estimate of drug-likeness (QED) is 0.775. The summed E-state index contributed by atoms with van der Waals surface area (Å²) in [5, 5.41) is 11.2. The standard InChI is InChI=1S/C21H35N3/c1-22-19-10-15-23-17-21(11-5-6-12-21)13-7-14-24-20(16-19)18-8-3-2-4-9-18/h2-4,8-9,19-20,22-24H,5-7,10-17H2,1H3. The van der Waals surface area contributed by atoms with E-state index in [1.807, 2.05) is 0 Å². The van der Waals surface area contributed by atoms with E-state index in [9.17, 15) is 0 Å². The van der Waals surface area contributed by atoms with Crippen LogP contribution in [0.25, 0.3) is 0 Å². The molecule has 1 spiro atoms. The van der Waals surface area contributed by atoms with Gasteiger partial charge < -0.3 is 16.0 Å². The molecule has 1 aliphatic carbocycles. The summed E-state index contributed by atoms with van der Waals surface area (Å²) in [6.07, 6.45) is 10.8. The number of nitrogens with one attached hydrogen (secondary N) is 3. The highest BCUT2D eigenvalue weighted by atomic mass is 15.0. The normalized spacial score (nSPS) is 29.0. The van der Waals surface area contributed by atoms with Crippen molar-refractivity contribution in [2.75, 3.05) is 26.7 Å². The lowest BCUT2D eigenvalue weighted by atomic mass is 9.81. The van der Waals surface area contributed by atoms with Crippen LogP contribution in [-0.4, -0.2) is 32.7 Å². The van der Waals surface area contributed by atoms with Gasteiger partial charge in [0, 0.05) is 18.6 Å². The number of hydrogen-bond donors (Lipinski definition) is 3. The minimum Gasteiger partial charge on any atom is -0.317 e. The Morgan fingerprint density at radius 1 is 1.00 bits per heavy atom. The number of rotatable bonds is 2. The summed E-state index contributed by atoms with van der Waals surface area (Å²) in [7, 11) is 2.11. The molecule has 1 aromatic rings. The molecule has 1 saturated heterocycles. The van der Waals surface area contributed by atoms with E-state index in [0.717, 1.165) is 19.5 Å². The molecule has 0 aromatic heterocycles. The Kier molecular flexibility index (Phi) is 6.70. The maximum absolute atomic E-state index is 3.86. The van der Waals surface area contributed by atoms with Crippen LogP contribution in [0.5, 0.6) is 0 Å². The third-order valence-corrected chi connectivity index (χ3v) is 6.24. The first-order chi connectivity index (χ1) is 11.8. The van der Waals surface area contributed by atoms with E-state index in [4.69, 9.17) is 0 Å². The van der Waals surface area contributed by atoms with Crippen molar-refractivity contribution in [3.63, 3.8) is 0 Å². The van der Waals surface area contributed by atoms with E-state index >= 15 is 0 Å². The summed E-state index contributed by atoms with van der Waals surface area (Å²) in [5.41, 5.74) is 2.01. The van der Waals surface area contributed by atoms with Gasteiger partial charge in [-0.2, -0.15) is 0 Å². The zero-order valence-electron chi connectivity index (χ0n) is 15.3. The van der Waals surface area contributed by atoms with E-state index in [1.54, 1.807) is 0 Å². The first-order valence-electron chi connectivity index (χ1n) is 9.98. The zero-order valence-corrected chi connectivity index (χ0v) is 15.3. The Balaban J connectivity index is 1.67. The molecule has 0 bridgehead atoms. The summed E-state index contributed by atoms with van der Waals surface area (Å²) >= 11 is 0. The molecule has 0 amide bonds. The third-order valence-electron chi connectivity index (χ3n) is 6.24.